The molecular formula is C17H22N2O4S. The molecular weight excluding hydrogens is 328 g/mol. The molecule has 1 fully saturated rings. The molecule has 0 unspecified atom stereocenters. The quantitative estimate of drug-likeness (QED) is 0.887. The van der Waals surface area contributed by atoms with Crippen molar-refractivity contribution in [1.29, 1.82) is 0 Å². The van der Waals surface area contributed by atoms with Crippen LogP contribution >= 0.6 is 0 Å². The summed E-state index contributed by atoms with van der Waals surface area (Å²) in [5, 5.41) is 2.71. The molecule has 0 aromatic heterocycles. The number of nitrogens with one attached hydrogen (secondary N) is 1. The van der Waals surface area contributed by atoms with Crippen molar-refractivity contribution in [2.75, 3.05) is 16.5 Å². The zero-order valence-corrected chi connectivity index (χ0v) is 14.7. The molecule has 1 atom stereocenters. The minimum Gasteiger partial charge on any atom is -0.322 e. The first-order valence-corrected chi connectivity index (χ1v) is 10.2. The number of benzene rings is 1. The number of nitrogens with zero attached hydrogens (tertiary/aromatic N) is 1. The lowest BCUT2D eigenvalue weighted by Gasteiger charge is -2.37. The third-order valence-electron chi connectivity index (χ3n) is 4.87. The van der Waals surface area contributed by atoms with Crippen LogP contribution in [-0.2, 0) is 19.4 Å². The first kappa shape index (κ1) is 17.0. The molecule has 130 valence electrons. The van der Waals surface area contributed by atoms with E-state index in [1.54, 1.807) is 13.0 Å². The summed E-state index contributed by atoms with van der Waals surface area (Å²) in [5.41, 5.74) is 0.954. The lowest BCUT2D eigenvalue weighted by Crippen LogP contribution is -2.51. The minimum absolute atomic E-state index is 0.0367. The Morgan fingerprint density at radius 1 is 1.21 bits per heavy atom. The van der Waals surface area contributed by atoms with Gasteiger partial charge in [-0.15, -0.1) is 0 Å². The predicted molar refractivity (Wildman–Crippen MR) is 91.7 cm³/mol. The Kier molecular flexibility index (Phi) is 4.38. The Morgan fingerprint density at radius 2 is 1.88 bits per heavy atom. The number of rotatable bonds is 2. The highest BCUT2D eigenvalue weighted by Crippen LogP contribution is 2.37. The summed E-state index contributed by atoms with van der Waals surface area (Å²) in [7, 11) is -3.38. The molecule has 2 amide bonds. The Bertz CT molecular complexity index is 782. The molecule has 2 aliphatic rings. The summed E-state index contributed by atoms with van der Waals surface area (Å²) in [5.74, 6) is -0.391. The van der Waals surface area contributed by atoms with Gasteiger partial charge in [0.25, 0.3) is 0 Å². The molecule has 0 radical (unpaired) electrons. The fourth-order valence-corrected chi connectivity index (χ4v) is 4.12. The van der Waals surface area contributed by atoms with E-state index in [2.05, 4.69) is 5.32 Å². The van der Waals surface area contributed by atoms with E-state index >= 15 is 0 Å². The van der Waals surface area contributed by atoms with Crippen molar-refractivity contribution in [3.05, 3.63) is 18.2 Å². The third kappa shape index (κ3) is 3.05. The van der Waals surface area contributed by atoms with Crippen LogP contribution in [0.4, 0.5) is 11.4 Å². The van der Waals surface area contributed by atoms with Gasteiger partial charge in [0.1, 0.15) is 6.04 Å². The minimum atomic E-state index is -3.38. The van der Waals surface area contributed by atoms with Gasteiger partial charge in [0.2, 0.25) is 11.8 Å². The lowest BCUT2D eigenvalue weighted by molar-refractivity contribution is -0.126. The van der Waals surface area contributed by atoms with Gasteiger partial charge in [-0.25, -0.2) is 8.42 Å². The lowest BCUT2D eigenvalue weighted by atomic mass is 9.87. The average Bonchev–Trinajstić information content (AvgIpc) is 2.55. The largest absolute Gasteiger partial charge is 0.322 e. The zero-order valence-electron chi connectivity index (χ0n) is 13.9. The van der Waals surface area contributed by atoms with Crippen molar-refractivity contribution in [3.63, 3.8) is 0 Å². The average molecular weight is 350 g/mol. The number of hydrogen-bond donors (Lipinski definition) is 1. The summed E-state index contributed by atoms with van der Waals surface area (Å²) >= 11 is 0. The van der Waals surface area contributed by atoms with Crippen LogP contribution in [0.3, 0.4) is 0 Å². The van der Waals surface area contributed by atoms with Gasteiger partial charge in [0.05, 0.1) is 16.3 Å². The van der Waals surface area contributed by atoms with Gasteiger partial charge in [0.15, 0.2) is 9.84 Å². The maximum absolute atomic E-state index is 13.0. The molecule has 6 nitrogen and oxygen atoms in total. The standard InChI is InChI=1S/C17H22N2O4S/c1-11-16(20)18-14-10-13(24(2,22)23)8-9-15(14)19(11)17(21)12-6-4-3-5-7-12/h8-12H,3-7H2,1-2H3,(H,18,20)/t11-/m0/s1. The molecule has 7 heteroatoms. The zero-order chi connectivity index (χ0) is 17.5. The molecule has 0 spiro atoms. The molecule has 1 aliphatic heterocycles. The fraction of sp³-hybridized carbons (Fsp3) is 0.529. The molecule has 1 aliphatic carbocycles. The number of amides is 2. The number of hydrogen-bond acceptors (Lipinski definition) is 4. The highest BCUT2D eigenvalue weighted by Gasteiger charge is 2.37. The van der Waals surface area contributed by atoms with Crippen molar-refractivity contribution < 1.29 is 18.0 Å². The van der Waals surface area contributed by atoms with Crippen LogP contribution in [-0.4, -0.2) is 32.5 Å². The smallest absolute Gasteiger partial charge is 0.247 e. The second-order valence-corrected chi connectivity index (χ2v) is 8.68. The highest BCUT2D eigenvalue weighted by molar-refractivity contribution is 7.90. The van der Waals surface area contributed by atoms with Crippen LogP contribution in [0.5, 0.6) is 0 Å². The van der Waals surface area contributed by atoms with Crippen LogP contribution < -0.4 is 10.2 Å². The van der Waals surface area contributed by atoms with Crippen LogP contribution in [0, 0.1) is 5.92 Å². The van der Waals surface area contributed by atoms with E-state index in [9.17, 15) is 18.0 Å². The van der Waals surface area contributed by atoms with Crippen LogP contribution in [0.15, 0.2) is 23.1 Å². The number of anilines is 2. The van der Waals surface area contributed by atoms with Gasteiger partial charge < -0.3 is 5.32 Å². The SMILES string of the molecule is C[C@H]1C(=O)Nc2cc(S(C)(=O)=O)ccc2N1C(=O)C1CCCCC1. The van der Waals surface area contributed by atoms with E-state index in [0.29, 0.717) is 11.4 Å². The maximum Gasteiger partial charge on any atom is 0.247 e. The van der Waals surface area contributed by atoms with Gasteiger partial charge in [-0.05, 0) is 38.0 Å². The molecule has 1 heterocycles. The van der Waals surface area contributed by atoms with Crippen LogP contribution in [0.2, 0.25) is 0 Å². The number of carbonyl (C=O) groups excluding carboxylic acids is 2. The summed E-state index contributed by atoms with van der Waals surface area (Å²) in [6.07, 6.45) is 6.03. The maximum atomic E-state index is 13.0. The monoisotopic (exact) mass is 350 g/mol. The molecule has 1 aromatic carbocycles. The third-order valence-corrected chi connectivity index (χ3v) is 5.98. The van der Waals surface area contributed by atoms with Crippen molar-refractivity contribution in [3.8, 4) is 0 Å². The first-order chi connectivity index (χ1) is 11.3. The van der Waals surface area contributed by atoms with E-state index in [4.69, 9.17) is 0 Å². The molecule has 24 heavy (non-hydrogen) atoms. The first-order valence-electron chi connectivity index (χ1n) is 8.27. The van der Waals surface area contributed by atoms with Crippen LogP contribution in [0.25, 0.3) is 0 Å². The van der Waals surface area contributed by atoms with E-state index in [1.165, 1.54) is 17.0 Å². The molecule has 1 N–H and O–H groups in total. The Balaban J connectivity index is 2.01. The van der Waals surface area contributed by atoms with E-state index in [0.717, 1.165) is 38.4 Å². The van der Waals surface area contributed by atoms with Crippen molar-refractivity contribution in [2.24, 2.45) is 5.92 Å². The predicted octanol–water partition coefficient (Wildman–Crippen LogP) is 2.34. The van der Waals surface area contributed by atoms with Gasteiger partial charge >= 0.3 is 0 Å². The second kappa shape index (κ2) is 6.20. The normalized spacial score (nSPS) is 22.0. The molecule has 0 saturated heterocycles. The van der Waals surface area contributed by atoms with Gasteiger partial charge in [-0.1, -0.05) is 19.3 Å². The number of carbonyl (C=O) groups is 2. The van der Waals surface area contributed by atoms with E-state index < -0.39 is 15.9 Å². The Labute approximate surface area is 142 Å². The highest BCUT2D eigenvalue weighted by atomic mass is 32.2. The Morgan fingerprint density at radius 3 is 2.50 bits per heavy atom. The molecule has 3 rings (SSSR count). The molecule has 1 saturated carbocycles. The summed E-state index contributed by atoms with van der Waals surface area (Å²) in [6.45, 7) is 1.70. The van der Waals surface area contributed by atoms with Gasteiger partial charge in [0, 0.05) is 12.2 Å². The summed E-state index contributed by atoms with van der Waals surface area (Å²) in [4.78, 5) is 26.9. The van der Waals surface area contributed by atoms with Crippen LogP contribution in [0.1, 0.15) is 39.0 Å². The summed E-state index contributed by atoms with van der Waals surface area (Å²) in [6, 6.07) is 3.92. The van der Waals surface area contributed by atoms with Crippen molar-refractivity contribution in [1.82, 2.24) is 0 Å². The van der Waals surface area contributed by atoms with E-state index in [1.807, 2.05) is 0 Å². The molecule has 0 bridgehead atoms. The van der Waals surface area contributed by atoms with Crippen molar-refractivity contribution >= 4 is 33.0 Å². The molecule has 1 aromatic rings. The Hall–Kier alpha value is -1.89. The van der Waals surface area contributed by atoms with Gasteiger partial charge in [-0.3, -0.25) is 14.5 Å². The number of sulfone groups is 1. The van der Waals surface area contributed by atoms with Gasteiger partial charge in [-0.2, -0.15) is 0 Å². The summed E-state index contributed by atoms with van der Waals surface area (Å²) < 4.78 is 23.5. The fourth-order valence-electron chi connectivity index (χ4n) is 3.47. The number of fused-ring (bicyclic) bond motifs is 1. The van der Waals surface area contributed by atoms with E-state index in [-0.39, 0.29) is 22.6 Å². The second-order valence-electron chi connectivity index (χ2n) is 6.66. The van der Waals surface area contributed by atoms with Crippen molar-refractivity contribution in [2.45, 2.75) is 50.0 Å². The topological polar surface area (TPSA) is 83.6 Å².